The van der Waals surface area contributed by atoms with E-state index in [-0.39, 0.29) is 24.5 Å². The number of piperidine rings is 1. The molecule has 0 bridgehead atoms. The third-order valence-corrected chi connectivity index (χ3v) is 7.27. The zero-order valence-corrected chi connectivity index (χ0v) is 21.1. The Labute approximate surface area is 211 Å². The van der Waals surface area contributed by atoms with E-state index >= 15 is 0 Å². The Kier molecular flexibility index (Phi) is 7.77. The van der Waals surface area contributed by atoms with Gasteiger partial charge in [-0.2, -0.15) is 18.3 Å². The molecule has 7 nitrogen and oxygen atoms in total. The van der Waals surface area contributed by atoms with Gasteiger partial charge < -0.3 is 9.74 Å². The van der Waals surface area contributed by atoms with Crippen LogP contribution in [0, 0.1) is 6.92 Å². The van der Waals surface area contributed by atoms with Gasteiger partial charge in [0.25, 0.3) is 0 Å². The number of carbonyl (C=O) groups excluding carboxylic acids is 1. The lowest BCUT2D eigenvalue weighted by Crippen LogP contribution is -2.40. The van der Waals surface area contributed by atoms with Crippen molar-refractivity contribution in [2.45, 2.75) is 58.4 Å². The number of amides is 1. The quantitative estimate of drug-likeness (QED) is 0.302. The van der Waals surface area contributed by atoms with Gasteiger partial charge in [-0.3, -0.25) is 9.48 Å². The van der Waals surface area contributed by atoms with Gasteiger partial charge >= 0.3 is 6.18 Å². The van der Waals surface area contributed by atoms with E-state index in [1.165, 1.54) is 6.92 Å². The van der Waals surface area contributed by atoms with Crippen molar-refractivity contribution >= 4 is 23.0 Å². The number of aromatic nitrogens is 3. The van der Waals surface area contributed by atoms with Crippen molar-refractivity contribution in [2.24, 2.45) is 5.16 Å². The maximum atomic E-state index is 12.9. The molecule has 0 aliphatic carbocycles. The molecule has 1 fully saturated rings. The maximum Gasteiger partial charge on any atom is 0.435 e. The van der Waals surface area contributed by atoms with Crippen molar-refractivity contribution < 1.29 is 22.8 Å². The van der Waals surface area contributed by atoms with Crippen LogP contribution in [0.25, 0.3) is 0 Å². The summed E-state index contributed by atoms with van der Waals surface area (Å²) in [7, 11) is 0. The zero-order valence-electron chi connectivity index (χ0n) is 20.3. The fourth-order valence-electron chi connectivity index (χ4n) is 4.04. The largest absolute Gasteiger partial charge is 0.435 e. The number of aryl methyl sites for hydroxylation is 1. The van der Waals surface area contributed by atoms with Crippen LogP contribution in [0.2, 0.25) is 0 Å². The highest BCUT2D eigenvalue weighted by Gasteiger charge is 2.35. The van der Waals surface area contributed by atoms with Gasteiger partial charge in [0.05, 0.1) is 10.7 Å². The first-order valence-corrected chi connectivity index (χ1v) is 12.6. The topological polar surface area (TPSA) is 72.6 Å². The Morgan fingerprint density at radius 3 is 2.58 bits per heavy atom. The predicted molar refractivity (Wildman–Crippen MR) is 131 cm³/mol. The summed E-state index contributed by atoms with van der Waals surface area (Å²) in [6, 6.07) is 10.8. The second-order valence-electron chi connectivity index (χ2n) is 8.89. The standard InChI is InChI=1S/C25H28F3N5O2S/c1-16-13-22(25(26,27)28)30-33(16)14-23(34)32-11-9-20(10-12-32)24-29-21(15-36-24)17(2)31-35-18(3)19-7-5-4-6-8-19/h4-8,13,15,18,20H,9-12,14H2,1-3H3. The van der Waals surface area contributed by atoms with Crippen molar-refractivity contribution in [2.75, 3.05) is 13.1 Å². The van der Waals surface area contributed by atoms with E-state index in [1.54, 1.807) is 16.2 Å². The van der Waals surface area contributed by atoms with Crippen molar-refractivity contribution in [1.82, 2.24) is 19.7 Å². The van der Waals surface area contributed by atoms with Crippen molar-refractivity contribution in [3.8, 4) is 0 Å². The van der Waals surface area contributed by atoms with Gasteiger partial charge in [-0.05, 0) is 45.2 Å². The molecule has 3 aromatic rings. The number of oxime groups is 1. The summed E-state index contributed by atoms with van der Waals surface area (Å²) in [6.45, 7) is 6.16. The van der Waals surface area contributed by atoms with Crippen LogP contribution in [0.3, 0.4) is 0 Å². The number of nitrogens with zero attached hydrogens (tertiary/aromatic N) is 5. The lowest BCUT2D eigenvalue weighted by Gasteiger charge is -2.31. The van der Waals surface area contributed by atoms with E-state index in [2.05, 4.69) is 10.3 Å². The molecule has 1 aromatic carbocycles. The molecule has 0 spiro atoms. The van der Waals surface area contributed by atoms with Gasteiger partial charge in [0, 0.05) is 30.1 Å². The molecule has 0 radical (unpaired) electrons. The number of hydrogen-bond donors (Lipinski definition) is 0. The first-order valence-electron chi connectivity index (χ1n) is 11.7. The third kappa shape index (κ3) is 6.13. The first kappa shape index (κ1) is 25.9. The molecule has 3 heterocycles. The second-order valence-corrected chi connectivity index (χ2v) is 9.78. The smallest absolute Gasteiger partial charge is 0.388 e. The molecule has 1 unspecified atom stereocenters. The summed E-state index contributed by atoms with van der Waals surface area (Å²) < 4.78 is 39.8. The molecule has 0 N–H and O–H groups in total. The Balaban J connectivity index is 1.30. The molecular weight excluding hydrogens is 491 g/mol. The number of carbonyl (C=O) groups is 1. The van der Waals surface area contributed by atoms with Gasteiger partial charge in [-0.25, -0.2) is 4.98 Å². The Morgan fingerprint density at radius 1 is 1.25 bits per heavy atom. The van der Waals surface area contributed by atoms with Gasteiger partial charge in [0.15, 0.2) is 5.69 Å². The highest BCUT2D eigenvalue weighted by atomic mass is 32.1. The molecule has 192 valence electrons. The Hall–Kier alpha value is -3.21. The lowest BCUT2D eigenvalue weighted by atomic mass is 9.97. The average Bonchev–Trinajstić information content (AvgIpc) is 3.50. The molecule has 1 atom stereocenters. The van der Waals surface area contributed by atoms with Crippen molar-refractivity contribution in [3.63, 3.8) is 0 Å². The summed E-state index contributed by atoms with van der Waals surface area (Å²) in [5.41, 5.74) is 1.83. The van der Waals surface area contributed by atoms with Crippen molar-refractivity contribution in [1.29, 1.82) is 0 Å². The summed E-state index contributed by atoms with van der Waals surface area (Å²) in [6.07, 6.45) is -3.23. The molecule has 36 heavy (non-hydrogen) atoms. The minimum atomic E-state index is -4.53. The van der Waals surface area contributed by atoms with E-state index in [4.69, 9.17) is 9.82 Å². The van der Waals surface area contributed by atoms with Crippen LogP contribution in [-0.2, 0) is 22.4 Å². The van der Waals surface area contributed by atoms with Gasteiger partial charge in [0.2, 0.25) is 5.91 Å². The summed E-state index contributed by atoms with van der Waals surface area (Å²) in [5, 5.41) is 10.8. The Morgan fingerprint density at radius 2 is 1.94 bits per heavy atom. The molecule has 11 heteroatoms. The number of alkyl halides is 3. The third-order valence-electron chi connectivity index (χ3n) is 6.26. The number of thiazole rings is 1. The minimum absolute atomic E-state index is 0.174. The fraction of sp³-hybridized carbons (Fsp3) is 0.440. The monoisotopic (exact) mass is 519 g/mol. The molecule has 1 aliphatic rings. The molecule has 1 amide bonds. The van der Waals surface area contributed by atoms with Crippen LogP contribution < -0.4 is 0 Å². The van der Waals surface area contributed by atoms with E-state index in [0.29, 0.717) is 24.5 Å². The lowest BCUT2D eigenvalue weighted by molar-refractivity contribution is -0.142. The molecule has 0 saturated carbocycles. The molecular formula is C25H28F3N5O2S. The SMILES string of the molecule is CC(=NOC(C)c1ccccc1)c1csc(C2CCN(C(=O)Cn3nc(C(F)(F)F)cc3C)CC2)n1. The number of halogens is 3. The normalized spacial score (nSPS) is 16.3. The van der Waals surface area contributed by atoms with E-state index < -0.39 is 11.9 Å². The van der Waals surface area contributed by atoms with E-state index in [1.807, 2.05) is 49.6 Å². The molecule has 1 saturated heterocycles. The summed E-state index contributed by atoms with van der Waals surface area (Å²) in [5.74, 6) is -0.0195. The van der Waals surface area contributed by atoms with Crippen LogP contribution in [-0.4, -0.2) is 44.4 Å². The minimum Gasteiger partial charge on any atom is -0.388 e. The van der Waals surface area contributed by atoms with Crippen LogP contribution in [0.4, 0.5) is 13.2 Å². The first-order chi connectivity index (χ1) is 17.1. The van der Waals surface area contributed by atoms with Crippen molar-refractivity contribution in [3.05, 3.63) is 69.4 Å². The fourth-order valence-corrected chi connectivity index (χ4v) is 5.08. The highest BCUT2D eigenvalue weighted by Crippen LogP contribution is 2.31. The average molecular weight is 520 g/mol. The van der Waals surface area contributed by atoms with Gasteiger partial charge in [-0.1, -0.05) is 35.5 Å². The van der Waals surface area contributed by atoms with E-state index in [0.717, 1.165) is 39.9 Å². The van der Waals surface area contributed by atoms with Crippen LogP contribution >= 0.6 is 11.3 Å². The number of likely N-dealkylation sites (tertiary alicyclic amines) is 1. The number of rotatable bonds is 7. The second kappa shape index (κ2) is 10.8. The number of benzene rings is 1. The molecule has 1 aliphatic heterocycles. The van der Waals surface area contributed by atoms with Gasteiger partial charge in [-0.15, -0.1) is 11.3 Å². The summed E-state index contributed by atoms with van der Waals surface area (Å²) in [4.78, 5) is 24.8. The summed E-state index contributed by atoms with van der Waals surface area (Å²) >= 11 is 1.56. The highest BCUT2D eigenvalue weighted by molar-refractivity contribution is 7.09. The number of hydrogen-bond acceptors (Lipinski definition) is 6. The predicted octanol–water partition coefficient (Wildman–Crippen LogP) is 5.57. The zero-order chi connectivity index (χ0) is 25.9. The van der Waals surface area contributed by atoms with Crippen LogP contribution in [0.5, 0.6) is 0 Å². The van der Waals surface area contributed by atoms with Crippen LogP contribution in [0.1, 0.15) is 66.4 Å². The van der Waals surface area contributed by atoms with Gasteiger partial charge in [0.1, 0.15) is 18.4 Å². The Bertz CT molecular complexity index is 1210. The van der Waals surface area contributed by atoms with Crippen LogP contribution in [0.15, 0.2) is 46.9 Å². The van der Waals surface area contributed by atoms with E-state index in [9.17, 15) is 18.0 Å². The maximum absolute atomic E-state index is 12.9. The molecule has 2 aromatic heterocycles. The molecule has 4 rings (SSSR count).